The van der Waals surface area contributed by atoms with Gasteiger partial charge in [-0.15, -0.1) is 0 Å². The third kappa shape index (κ3) is 2.25. The fourth-order valence-corrected chi connectivity index (χ4v) is 3.52. The molecule has 0 saturated heterocycles. The molecule has 0 spiro atoms. The first-order valence-electron chi connectivity index (χ1n) is 7.81. The Labute approximate surface area is 133 Å². The van der Waals surface area contributed by atoms with Crippen LogP contribution in [0.3, 0.4) is 0 Å². The molecule has 2 nitrogen and oxygen atoms in total. The third-order valence-electron chi connectivity index (χ3n) is 4.66. The fourth-order valence-electron chi connectivity index (χ4n) is 3.52. The van der Waals surface area contributed by atoms with E-state index in [4.69, 9.17) is 0 Å². The first-order valence-corrected chi connectivity index (χ1v) is 7.81. The van der Waals surface area contributed by atoms with Gasteiger partial charge in [0, 0.05) is 35.9 Å². The summed E-state index contributed by atoms with van der Waals surface area (Å²) in [6.07, 6.45) is 0.975. The zero-order chi connectivity index (χ0) is 16.1. The minimum Gasteiger partial charge on any atom is -0.312 e. The molecule has 0 atom stereocenters. The Morgan fingerprint density at radius 3 is 2.61 bits per heavy atom. The molecule has 3 aromatic rings. The molecule has 118 valence electrons. The Kier molecular flexibility index (Phi) is 3.23. The van der Waals surface area contributed by atoms with E-state index in [1.165, 1.54) is 34.3 Å². The van der Waals surface area contributed by atoms with Gasteiger partial charge < -0.3 is 9.47 Å². The van der Waals surface area contributed by atoms with E-state index in [0.29, 0.717) is 5.69 Å². The zero-order valence-corrected chi connectivity index (χ0v) is 13.2. The van der Waals surface area contributed by atoms with E-state index >= 15 is 0 Å². The number of hydrogen-bond acceptors (Lipinski definition) is 1. The maximum atomic E-state index is 13.7. The highest BCUT2D eigenvalue weighted by molar-refractivity contribution is 5.88. The summed E-state index contributed by atoms with van der Waals surface area (Å²) in [6, 6.07) is 10.5. The molecule has 1 aromatic heterocycles. The molecule has 23 heavy (non-hydrogen) atoms. The van der Waals surface area contributed by atoms with Crippen LogP contribution in [0.4, 0.5) is 8.78 Å². The molecule has 4 rings (SSSR count). The molecule has 0 saturated carbocycles. The second-order valence-electron chi connectivity index (χ2n) is 6.37. The summed E-state index contributed by atoms with van der Waals surface area (Å²) in [5.41, 5.74) is 5.44. The number of halogens is 2. The van der Waals surface area contributed by atoms with Crippen LogP contribution in [0.2, 0.25) is 0 Å². The van der Waals surface area contributed by atoms with Crippen LogP contribution >= 0.6 is 0 Å². The van der Waals surface area contributed by atoms with Gasteiger partial charge in [-0.25, -0.2) is 8.78 Å². The van der Waals surface area contributed by atoms with Crippen LogP contribution in [0.5, 0.6) is 0 Å². The summed E-state index contributed by atoms with van der Waals surface area (Å²) >= 11 is 0. The van der Waals surface area contributed by atoms with E-state index < -0.39 is 11.6 Å². The van der Waals surface area contributed by atoms with Gasteiger partial charge in [0.05, 0.1) is 5.52 Å². The normalized spacial score (nSPS) is 15.1. The van der Waals surface area contributed by atoms with Crippen LogP contribution in [-0.4, -0.2) is 23.1 Å². The van der Waals surface area contributed by atoms with Gasteiger partial charge in [-0.05, 0) is 50.2 Å². The van der Waals surface area contributed by atoms with Gasteiger partial charge in [0.1, 0.15) is 0 Å². The van der Waals surface area contributed by atoms with Crippen LogP contribution in [0.15, 0.2) is 36.4 Å². The topological polar surface area (TPSA) is 8.17 Å². The van der Waals surface area contributed by atoms with Crippen molar-refractivity contribution in [3.63, 3.8) is 0 Å². The molecular formula is C19H18F2N2. The Morgan fingerprint density at radius 1 is 1.00 bits per heavy atom. The highest BCUT2D eigenvalue weighted by Crippen LogP contribution is 2.34. The number of rotatable bonds is 1. The summed E-state index contributed by atoms with van der Waals surface area (Å²) in [7, 11) is 2.08. The predicted molar refractivity (Wildman–Crippen MR) is 88.0 cm³/mol. The van der Waals surface area contributed by atoms with Crippen LogP contribution < -0.4 is 0 Å². The molecule has 2 aromatic carbocycles. The van der Waals surface area contributed by atoms with Gasteiger partial charge in [0.25, 0.3) is 0 Å². The van der Waals surface area contributed by atoms with E-state index in [1.54, 1.807) is 6.07 Å². The van der Waals surface area contributed by atoms with Crippen LogP contribution in [0.1, 0.15) is 16.8 Å². The molecular weight excluding hydrogens is 294 g/mol. The first kappa shape index (κ1) is 14.4. The Morgan fingerprint density at radius 2 is 1.83 bits per heavy atom. The van der Waals surface area contributed by atoms with Gasteiger partial charge in [-0.3, -0.25) is 0 Å². The molecule has 0 N–H and O–H groups in total. The summed E-state index contributed by atoms with van der Waals surface area (Å²) in [5, 5.41) is 1.22. The number of aromatic nitrogens is 1. The summed E-state index contributed by atoms with van der Waals surface area (Å²) in [6.45, 7) is 3.90. The summed E-state index contributed by atoms with van der Waals surface area (Å²) in [5.74, 6) is -1.62. The SMILES string of the molecule is Cc1ccc2c(c1)c1c(n2-c2ccc(F)c(F)c2)CN(C)CC1. The van der Waals surface area contributed by atoms with Crippen molar-refractivity contribution in [1.82, 2.24) is 9.47 Å². The van der Waals surface area contributed by atoms with Gasteiger partial charge in [-0.1, -0.05) is 11.6 Å². The number of aryl methyl sites for hydroxylation is 1. The molecule has 0 radical (unpaired) electrons. The average Bonchev–Trinajstić information content (AvgIpc) is 2.83. The molecule has 1 aliphatic heterocycles. The standard InChI is InChI=1S/C19H18F2N2/c1-12-3-6-18-15(9-12)14-7-8-22(2)11-19(14)23(18)13-4-5-16(20)17(21)10-13/h3-6,9-10H,7-8,11H2,1-2H3. The Bertz CT molecular complexity index is 911. The smallest absolute Gasteiger partial charge is 0.160 e. The lowest BCUT2D eigenvalue weighted by Crippen LogP contribution is -2.27. The third-order valence-corrected chi connectivity index (χ3v) is 4.66. The van der Waals surface area contributed by atoms with E-state index in [1.807, 2.05) is 0 Å². The quantitative estimate of drug-likeness (QED) is 0.653. The van der Waals surface area contributed by atoms with E-state index in [9.17, 15) is 8.78 Å². The van der Waals surface area contributed by atoms with Crippen molar-refractivity contribution < 1.29 is 8.78 Å². The van der Waals surface area contributed by atoms with Crippen molar-refractivity contribution in [1.29, 1.82) is 0 Å². The molecule has 0 aliphatic carbocycles. The zero-order valence-electron chi connectivity index (χ0n) is 13.2. The average molecular weight is 312 g/mol. The minimum atomic E-state index is -0.813. The summed E-state index contributed by atoms with van der Waals surface area (Å²) in [4.78, 5) is 2.25. The molecule has 0 fully saturated rings. The molecule has 2 heterocycles. The van der Waals surface area contributed by atoms with Crippen molar-refractivity contribution in [3.8, 4) is 5.69 Å². The van der Waals surface area contributed by atoms with Gasteiger partial charge in [-0.2, -0.15) is 0 Å². The first-order chi connectivity index (χ1) is 11.0. The highest BCUT2D eigenvalue weighted by atomic mass is 19.2. The van der Waals surface area contributed by atoms with Crippen LogP contribution in [0, 0.1) is 18.6 Å². The number of benzene rings is 2. The fraction of sp³-hybridized carbons (Fsp3) is 0.263. The number of likely N-dealkylation sites (N-methyl/N-ethyl adjacent to an activating group) is 1. The largest absolute Gasteiger partial charge is 0.312 e. The monoisotopic (exact) mass is 312 g/mol. The lowest BCUT2D eigenvalue weighted by Gasteiger charge is -2.24. The highest BCUT2D eigenvalue weighted by Gasteiger charge is 2.23. The molecule has 0 unspecified atom stereocenters. The van der Waals surface area contributed by atoms with Crippen LogP contribution in [-0.2, 0) is 13.0 Å². The van der Waals surface area contributed by atoms with Crippen LogP contribution in [0.25, 0.3) is 16.6 Å². The molecule has 0 amide bonds. The number of fused-ring (bicyclic) bond motifs is 3. The number of hydrogen-bond donors (Lipinski definition) is 0. The molecule has 4 heteroatoms. The van der Waals surface area contributed by atoms with E-state index in [-0.39, 0.29) is 0 Å². The van der Waals surface area contributed by atoms with E-state index in [2.05, 4.69) is 41.6 Å². The summed E-state index contributed by atoms with van der Waals surface area (Å²) < 4.78 is 29.1. The van der Waals surface area contributed by atoms with Crippen molar-refractivity contribution in [3.05, 3.63) is 64.9 Å². The second-order valence-corrected chi connectivity index (χ2v) is 6.37. The Hall–Kier alpha value is -2.20. The molecule has 1 aliphatic rings. The minimum absolute atomic E-state index is 0.675. The Balaban J connectivity index is 2.05. The van der Waals surface area contributed by atoms with Gasteiger partial charge in [0.15, 0.2) is 11.6 Å². The second kappa shape index (κ2) is 5.17. The van der Waals surface area contributed by atoms with Crippen molar-refractivity contribution in [2.45, 2.75) is 19.9 Å². The maximum Gasteiger partial charge on any atom is 0.160 e. The number of nitrogens with zero attached hydrogens (tertiary/aromatic N) is 2. The lowest BCUT2D eigenvalue weighted by molar-refractivity contribution is 0.307. The van der Waals surface area contributed by atoms with Crippen molar-refractivity contribution in [2.75, 3.05) is 13.6 Å². The van der Waals surface area contributed by atoms with Gasteiger partial charge in [0.2, 0.25) is 0 Å². The molecule has 0 bridgehead atoms. The van der Waals surface area contributed by atoms with Gasteiger partial charge >= 0.3 is 0 Å². The lowest BCUT2D eigenvalue weighted by atomic mass is 10.0. The van der Waals surface area contributed by atoms with Crippen molar-refractivity contribution in [2.24, 2.45) is 0 Å². The maximum absolute atomic E-state index is 13.7. The van der Waals surface area contributed by atoms with E-state index in [0.717, 1.165) is 25.0 Å². The van der Waals surface area contributed by atoms with Crippen molar-refractivity contribution >= 4 is 10.9 Å². The predicted octanol–water partition coefficient (Wildman–Crippen LogP) is 4.21.